The number of nitrogens with one attached hydrogen (secondary N) is 1. The molecule has 0 aliphatic carbocycles. The topological polar surface area (TPSA) is 80.9 Å². The second kappa shape index (κ2) is 7.19. The Bertz CT molecular complexity index is 1040. The number of amides is 1. The highest BCUT2D eigenvalue weighted by Crippen LogP contribution is 2.26. The molecule has 8 heteroatoms. The lowest BCUT2D eigenvalue weighted by molar-refractivity contribution is 0.0907. The molecule has 0 aliphatic rings. The number of carbonyl (C=O) groups is 1. The summed E-state index contributed by atoms with van der Waals surface area (Å²) in [6.45, 7) is 2.41. The Morgan fingerprint density at radius 2 is 2.04 bits per heavy atom. The fourth-order valence-corrected chi connectivity index (χ4v) is 3.67. The van der Waals surface area contributed by atoms with E-state index in [1.807, 2.05) is 54.1 Å². The number of carbonyl (C=O) groups excluding carboxylic acids is 1. The molecule has 1 amide bonds. The van der Waals surface area contributed by atoms with E-state index in [2.05, 4.69) is 20.4 Å². The van der Waals surface area contributed by atoms with Crippen molar-refractivity contribution >= 4 is 28.6 Å². The average molecular weight is 382 g/mol. The molecule has 0 saturated carbocycles. The molecule has 0 atom stereocenters. The summed E-state index contributed by atoms with van der Waals surface area (Å²) < 4.78 is 5.12. The molecular weight excluding hydrogens is 368 g/mol. The zero-order valence-corrected chi connectivity index (χ0v) is 15.4. The molecule has 3 heterocycles. The third kappa shape index (κ3) is 3.56. The molecular formula is C18H14N4O2S2. The van der Waals surface area contributed by atoms with Crippen LogP contribution >= 0.6 is 22.7 Å². The maximum absolute atomic E-state index is 12.2. The number of thiophene rings is 1. The van der Waals surface area contributed by atoms with E-state index in [1.54, 1.807) is 22.7 Å². The molecule has 6 nitrogen and oxygen atoms in total. The highest BCUT2D eigenvalue weighted by atomic mass is 32.1. The van der Waals surface area contributed by atoms with Crippen molar-refractivity contribution in [2.75, 3.05) is 0 Å². The minimum atomic E-state index is -0.386. The van der Waals surface area contributed by atoms with Crippen LogP contribution in [0.3, 0.4) is 0 Å². The van der Waals surface area contributed by atoms with E-state index in [-0.39, 0.29) is 11.8 Å². The SMILES string of the molecule is Cc1nc(-c2cccc(-c3noc(C(=O)NCc4cccs4)n3)c2)cs1. The molecule has 0 aliphatic heterocycles. The first-order valence-corrected chi connectivity index (χ1v) is 9.62. The van der Waals surface area contributed by atoms with Crippen LogP contribution in [-0.2, 0) is 6.54 Å². The van der Waals surface area contributed by atoms with Crippen LogP contribution < -0.4 is 5.32 Å². The van der Waals surface area contributed by atoms with E-state index in [0.717, 1.165) is 26.7 Å². The van der Waals surface area contributed by atoms with Gasteiger partial charge >= 0.3 is 11.8 Å². The Kier molecular flexibility index (Phi) is 4.59. The summed E-state index contributed by atoms with van der Waals surface area (Å²) in [6.07, 6.45) is 0. The fourth-order valence-electron chi connectivity index (χ4n) is 2.40. The summed E-state index contributed by atoms with van der Waals surface area (Å²) in [7, 11) is 0. The van der Waals surface area contributed by atoms with Crippen molar-refractivity contribution in [1.82, 2.24) is 20.4 Å². The van der Waals surface area contributed by atoms with Gasteiger partial charge < -0.3 is 9.84 Å². The second-order valence-corrected chi connectivity index (χ2v) is 7.61. The van der Waals surface area contributed by atoms with Gasteiger partial charge in [-0.3, -0.25) is 4.79 Å². The quantitative estimate of drug-likeness (QED) is 0.560. The molecule has 1 aromatic carbocycles. The van der Waals surface area contributed by atoms with Crippen LogP contribution in [-0.4, -0.2) is 21.0 Å². The monoisotopic (exact) mass is 382 g/mol. The molecule has 0 radical (unpaired) electrons. The van der Waals surface area contributed by atoms with Gasteiger partial charge in [0.05, 0.1) is 17.2 Å². The van der Waals surface area contributed by atoms with Crippen molar-refractivity contribution in [2.24, 2.45) is 0 Å². The van der Waals surface area contributed by atoms with Crippen LogP contribution in [0.25, 0.3) is 22.6 Å². The van der Waals surface area contributed by atoms with Crippen LogP contribution in [0.4, 0.5) is 0 Å². The number of benzene rings is 1. The van der Waals surface area contributed by atoms with Gasteiger partial charge in [-0.25, -0.2) is 4.98 Å². The van der Waals surface area contributed by atoms with Gasteiger partial charge in [0.2, 0.25) is 5.82 Å². The van der Waals surface area contributed by atoms with E-state index in [1.165, 1.54) is 0 Å². The lowest BCUT2D eigenvalue weighted by atomic mass is 10.1. The summed E-state index contributed by atoms with van der Waals surface area (Å²) >= 11 is 3.18. The molecule has 0 fully saturated rings. The van der Waals surface area contributed by atoms with Gasteiger partial charge in [-0.2, -0.15) is 4.98 Å². The van der Waals surface area contributed by atoms with Crippen molar-refractivity contribution in [2.45, 2.75) is 13.5 Å². The number of hydrogen-bond donors (Lipinski definition) is 1. The molecule has 0 saturated heterocycles. The molecule has 0 bridgehead atoms. The predicted molar refractivity (Wildman–Crippen MR) is 101 cm³/mol. The first-order valence-electron chi connectivity index (χ1n) is 7.86. The van der Waals surface area contributed by atoms with Crippen molar-refractivity contribution in [1.29, 1.82) is 0 Å². The fraction of sp³-hybridized carbons (Fsp3) is 0.111. The number of hydrogen-bond acceptors (Lipinski definition) is 7. The van der Waals surface area contributed by atoms with Crippen LogP contribution in [0, 0.1) is 6.92 Å². The highest BCUT2D eigenvalue weighted by molar-refractivity contribution is 7.10. The highest BCUT2D eigenvalue weighted by Gasteiger charge is 2.16. The van der Waals surface area contributed by atoms with Crippen molar-refractivity contribution in [3.8, 4) is 22.6 Å². The number of nitrogens with zero attached hydrogens (tertiary/aromatic N) is 3. The maximum atomic E-state index is 12.2. The number of thiazole rings is 1. The molecule has 0 spiro atoms. The molecule has 4 rings (SSSR count). The molecule has 4 aromatic rings. The van der Waals surface area contributed by atoms with E-state index in [4.69, 9.17) is 4.52 Å². The molecule has 130 valence electrons. The Morgan fingerprint density at radius 3 is 2.81 bits per heavy atom. The minimum absolute atomic E-state index is 0.0496. The summed E-state index contributed by atoms with van der Waals surface area (Å²) in [6, 6.07) is 11.6. The lowest BCUT2D eigenvalue weighted by Crippen LogP contribution is -2.22. The zero-order valence-electron chi connectivity index (χ0n) is 13.8. The number of rotatable bonds is 5. The van der Waals surface area contributed by atoms with Crippen molar-refractivity contribution in [3.63, 3.8) is 0 Å². The largest absolute Gasteiger partial charge is 0.343 e. The molecule has 1 N–H and O–H groups in total. The third-order valence-corrected chi connectivity index (χ3v) is 5.31. The zero-order chi connectivity index (χ0) is 17.9. The van der Waals surface area contributed by atoms with Gasteiger partial charge in [-0.05, 0) is 24.4 Å². The predicted octanol–water partition coefficient (Wildman–Crippen LogP) is 4.16. The van der Waals surface area contributed by atoms with E-state index in [9.17, 15) is 4.79 Å². The summed E-state index contributed by atoms with van der Waals surface area (Å²) in [5, 5.41) is 11.7. The normalized spacial score (nSPS) is 10.8. The Balaban J connectivity index is 1.51. The standard InChI is InChI=1S/C18H14N4O2S2/c1-11-20-15(10-26-11)12-4-2-5-13(8-12)16-21-18(24-22-16)17(23)19-9-14-6-3-7-25-14/h2-8,10H,9H2,1H3,(H,19,23). The van der Waals surface area contributed by atoms with Gasteiger partial charge in [0.25, 0.3) is 0 Å². The first-order chi connectivity index (χ1) is 12.7. The first kappa shape index (κ1) is 16.6. The smallest absolute Gasteiger partial charge is 0.316 e. The number of aromatic nitrogens is 3. The van der Waals surface area contributed by atoms with Gasteiger partial charge in [0.1, 0.15) is 0 Å². The second-order valence-electron chi connectivity index (χ2n) is 5.52. The average Bonchev–Trinajstić information content (AvgIpc) is 3.41. The van der Waals surface area contributed by atoms with E-state index < -0.39 is 0 Å². The Hall–Kier alpha value is -2.84. The van der Waals surface area contributed by atoms with Crippen LogP contribution in [0.15, 0.2) is 51.7 Å². The molecule has 3 aromatic heterocycles. The summed E-state index contributed by atoms with van der Waals surface area (Å²) in [4.78, 5) is 21.9. The summed E-state index contributed by atoms with van der Waals surface area (Å²) in [5.41, 5.74) is 2.65. The summed E-state index contributed by atoms with van der Waals surface area (Å²) in [5.74, 6) is -0.0602. The van der Waals surface area contributed by atoms with Crippen LogP contribution in [0.5, 0.6) is 0 Å². The molecule has 0 unspecified atom stereocenters. The van der Waals surface area contributed by atoms with Crippen molar-refractivity contribution < 1.29 is 9.32 Å². The maximum Gasteiger partial charge on any atom is 0.316 e. The van der Waals surface area contributed by atoms with Gasteiger partial charge in [-0.1, -0.05) is 29.4 Å². The van der Waals surface area contributed by atoms with Crippen molar-refractivity contribution in [3.05, 3.63) is 62.9 Å². The Labute approximate surface area is 157 Å². The minimum Gasteiger partial charge on any atom is -0.343 e. The van der Waals surface area contributed by atoms with E-state index in [0.29, 0.717) is 12.4 Å². The van der Waals surface area contributed by atoms with Gasteiger partial charge in [0.15, 0.2) is 0 Å². The lowest BCUT2D eigenvalue weighted by Gasteiger charge is -1.99. The third-order valence-electron chi connectivity index (χ3n) is 3.66. The van der Waals surface area contributed by atoms with E-state index >= 15 is 0 Å². The van der Waals surface area contributed by atoms with Crippen LogP contribution in [0.1, 0.15) is 20.6 Å². The number of aryl methyl sites for hydroxylation is 1. The van der Waals surface area contributed by atoms with Gasteiger partial charge in [-0.15, -0.1) is 22.7 Å². The van der Waals surface area contributed by atoms with Gasteiger partial charge in [0, 0.05) is 21.4 Å². The molecule has 26 heavy (non-hydrogen) atoms. The van der Waals surface area contributed by atoms with Crippen LogP contribution in [0.2, 0.25) is 0 Å². The Morgan fingerprint density at radius 1 is 1.15 bits per heavy atom.